The molecule has 35 heavy (non-hydrogen) atoms. The van der Waals surface area contributed by atoms with E-state index in [2.05, 4.69) is 0 Å². The summed E-state index contributed by atoms with van der Waals surface area (Å²) < 4.78 is 211. The second-order valence-electron chi connectivity index (χ2n) is 6.34. The van der Waals surface area contributed by atoms with E-state index in [1.165, 1.54) is 0 Å². The molecule has 0 aliphatic carbocycles. The largest absolute Gasteiger partial charge is 0.208 e. The highest BCUT2D eigenvalue weighted by Gasteiger charge is 2.60. The van der Waals surface area contributed by atoms with Gasteiger partial charge in [0.1, 0.15) is 0 Å². The molecule has 188 valence electrons. The van der Waals surface area contributed by atoms with Crippen molar-refractivity contribution in [3.05, 3.63) is 87.3 Å². The zero-order valence-corrected chi connectivity index (χ0v) is 18.0. The van der Waals surface area contributed by atoms with Gasteiger partial charge in [0.25, 0.3) is 0 Å². The lowest BCUT2D eigenvalue weighted by Gasteiger charge is -2.23. The third kappa shape index (κ3) is 3.59. The third-order valence-corrected chi connectivity index (χ3v) is 10.7. The van der Waals surface area contributed by atoms with Crippen molar-refractivity contribution in [2.24, 2.45) is 0 Å². The molecule has 3 aromatic carbocycles. The van der Waals surface area contributed by atoms with E-state index in [1.807, 2.05) is 15.5 Å². The van der Waals surface area contributed by atoms with E-state index in [1.54, 1.807) is 0 Å². The number of hydrogen-bond acceptors (Lipinski definition) is 0. The molecule has 0 atom stereocenters. The van der Waals surface area contributed by atoms with Crippen molar-refractivity contribution < 1.29 is 65.9 Å². The van der Waals surface area contributed by atoms with Crippen LogP contribution in [-0.4, -0.2) is 0 Å². The van der Waals surface area contributed by atoms with E-state index >= 15 is 0 Å². The van der Waals surface area contributed by atoms with Gasteiger partial charge >= 0.3 is 0 Å². The van der Waals surface area contributed by atoms with Crippen LogP contribution in [-0.2, 0) is 0 Å². The average molecular weight is 612 g/mol. The molecule has 0 saturated carbocycles. The molecule has 0 unspecified atom stereocenters. The Morgan fingerprint density at radius 3 is 0.514 bits per heavy atom. The van der Waals surface area contributed by atoms with Crippen molar-refractivity contribution in [1.29, 1.82) is 0 Å². The fourth-order valence-electron chi connectivity index (χ4n) is 2.93. The zero-order valence-electron chi connectivity index (χ0n) is 15.5. The lowest BCUT2D eigenvalue weighted by Crippen LogP contribution is -2.40. The number of hydrogen-bond donors (Lipinski definition) is 0. The standard InChI is InChI=1S/C18BrF15P/c19-35(16-10(29)4(23)1(20)5(24)11(16)30,17-12(31)6(25)2(21)7(26)13(17)32)18-14(33)8(27)3(22)9(28)15(18)34/q+1. The fraction of sp³-hybridized carbons (Fsp3) is 0. The van der Waals surface area contributed by atoms with Gasteiger partial charge in [0.15, 0.2) is 37.4 Å². The van der Waals surface area contributed by atoms with Crippen LogP contribution in [0, 0.1) is 87.3 Å². The summed E-state index contributed by atoms with van der Waals surface area (Å²) in [5.41, 5.74) is 0. The molecule has 0 N–H and O–H groups in total. The van der Waals surface area contributed by atoms with Crippen LogP contribution in [0.15, 0.2) is 0 Å². The van der Waals surface area contributed by atoms with Crippen molar-refractivity contribution in [2.75, 3.05) is 0 Å². The summed E-state index contributed by atoms with van der Waals surface area (Å²) in [5.74, 6) is -51.7. The minimum atomic E-state index is -6.35. The van der Waals surface area contributed by atoms with Gasteiger partial charge in [-0.3, -0.25) is 0 Å². The van der Waals surface area contributed by atoms with E-state index in [0.29, 0.717) is 0 Å². The minimum Gasteiger partial charge on any atom is -0.200 e. The monoisotopic (exact) mass is 611 g/mol. The van der Waals surface area contributed by atoms with E-state index in [-0.39, 0.29) is 0 Å². The summed E-state index contributed by atoms with van der Waals surface area (Å²) in [5, 5.41) is -8.00. The van der Waals surface area contributed by atoms with Crippen LogP contribution < -0.4 is 15.9 Å². The van der Waals surface area contributed by atoms with Gasteiger partial charge in [-0.05, 0) is 0 Å². The Balaban J connectivity index is 2.78. The molecule has 0 fully saturated rings. The quantitative estimate of drug-likeness (QED) is 0.140. The van der Waals surface area contributed by atoms with Gasteiger partial charge < -0.3 is 0 Å². The van der Waals surface area contributed by atoms with Gasteiger partial charge in [0.05, 0.1) is 0 Å². The summed E-state index contributed by atoms with van der Waals surface area (Å²) in [6, 6.07) is 0. The molecule has 0 saturated heterocycles. The first-order chi connectivity index (χ1) is 16.0. The first kappa shape index (κ1) is 27.1. The highest BCUT2D eigenvalue weighted by atomic mass is 79.9. The molecule has 0 amide bonds. The van der Waals surface area contributed by atoms with E-state index in [9.17, 15) is 65.9 Å². The van der Waals surface area contributed by atoms with Crippen molar-refractivity contribution in [1.82, 2.24) is 0 Å². The van der Waals surface area contributed by atoms with E-state index in [0.717, 1.165) is 0 Å². The van der Waals surface area contributed by atoms with Gasteiger partial charge in [-0.2, -0.15) is 26.3 Å². The molecule has 3 rings (SSSR count). The lowest BCUT2D eigenvalue weighted by molar-refractivity contribution is 0.381. The van der Waals surface area contributed by atoms with Gasteiger partial charge in [-0.1, -0.05) is 0 Å². The Bertz CT molecular complexity index is 1170. The van der Waals surface area contributed by atoms with Gasteiger partial charge in [-0.15, -0.1) is 0 Å². The summed E-state index contributed by atoms with van der Waals surface area (Å²) in [6.07, 6.45) is 0. The normalized spacial score (nSPS) is 12.0. The van der Waals surface area contributed by atoms with Crippen molar-refractivity contribution in [3.63, 3.8) is 0 Å². The summed E-state index contributed by atoms with van der Waals surface area (Å²) in [6.45, 7) is 0. The molecule has 0 heterocycles. The topological polar surface area (TPSA) is 0 Å². The number of rotatable bonds is 3. The van der Waals surface area contributed by atoms with Crippen LogP contribution in [0.1, 0.15) is 0 Å². The molecule has 3 aromatic rings. The fourth-order valence-corrected chi connectivity index (χ4v) is 8.61. The van der Waals surface area contributed by atoms with E-state index in [4.69, 9.17) is 0 Å². The van der Waals surface area contributed by atoms with Gasteiger partial charge in [-0.25, -0.2) is 39.5 Å². The maximum absolute atomic E-state index is 14.6. The van der Waals surface area contributed by atoms with Crippen LogP contribution >= 0.6 is 21.5 Å². The Hall–Kier alpha value is -2.48. The molecule has 0 aliphatic rings. The SMILES string of the molecule is Fc1c(F)c(F)c([P+](Br)(c2c(F)c(F)c(F)c(F)c2F)c2c(F)c(F)c(F)c(F)c2F)c(F)c1F. The maximum Gasteiger partial charge on any atom is 0.208 e. The summed E-state index contributed by atoms with van der Waals surface area (Å²) in [4.78, 5) is 0. The molecule has 0 radical (unpaired) electrons. The van der Waals surface area contributed by atoms with E-state index < -0.39 is 109 Å². The minimum absolute atomic E-state index is 1.90. The molecule has 0 aromatic heterocycles. The lowest BCUT2D eigenvalue weighted by atomic mass is 10.3. The number of halogens is 16. The Labute approximate surface area is 191 Å². The number of benzene rings is 3. The first-order valence-electron chi connectivity index (χ1n) is 8.17. The predicted octanol–water partition coefficient (Wildman–Crippen LogP) is 6.38. The summed E-state index contributed by atoms with van der Waals surface area (Å²) >= 11 is 1.90. The Kier molecular flexibility index (Phi) is 6.87. The van der Waals surface area contributed by atoms with Crippen LogP contribution in [0.2, 0.25) is 0 Å². The Morgan fingerprint density at radius 2 is 0.371 bits per heavy atom. The second kappa shape index (κ2) is 8.87. The third-order valence-electron chi connectivity index (χ3n) is 4.48. The summed E-state index contributed by atoms with van der Waals surface area (Å²) in [7, 11) is 0. The molecule has 0 nitrogen and oxygen atoms in total. The second-order valence-corrected chi connectivity index (χ2v) is 12.1. The average Bonchev–Trinajstić information content (AvgIpc) is 2.81. The van der Waals surface area contributed by atoms with Crippen molar-refractivity contribution in [3.8, 4) is 0 Å². The maximum atomic E-state index is 14.6. The Morgan fingerprint density at radius 1 is 0.257 bits per heavy atom. The van der Waals surface area contributed by atoms with Crippen LogP contribution in [0.3, 0.4) is 0 Å². The van der Waals surface area contributed by atoms with Crippen molar-refractivity contribution in [2.45, 2.75) is 0 Å². The molecule has 17 heteroatoms. The molecular formula is C18BrF15P+. The highest BCUT2D eigenvalue weighted by molar-refractivity contribution is 9.44. The molecule has 0 bridgehead atoms. The first-order valence-corrected chi connectivity index (χ1v) is 12.0. The molecule has 0 aliphatic heterocycles. The molecular weight excluding hydrogens is 612 g/mol. The van der Waals surface area contributed by atoms with Gasteiger partial charge in [0.2, 0.25) is 87.3 Å². The highest BCUT2D eigenvalue weighted by Crippen LogP contribution is 2.66. The zero-order chi connectivity index (χ0) is 26.9. The van der Waals surface area contributed by atoms with Crippen molar-refractivity contribution >= 4 is 37.4 Å². The van der Waals surface area contributed by atoms with Crippen LogP contribution in [0.4, 0.5) is 65.9 Å². The van der Waals surface area contributed by atoms with Crippen LogP contribution in [0.25, 0.3) is 0 Å². The predicted molar refractivity (Wildman–Crippen MR) is 93.4 cm³/mol. The smallest absolute Gasteiger partial charge is 0.200 e. The van der Waals surface area contributed by atoms with Gasteiger partial charge in [0, 0.05) is 0 Å². The molecule has 0 spiro atoms. The van der Waals surface area contributed by atoms with Crippen LogP contribution in [0.5, 0.6) is 0 Å².